The van der Waals surface area contributed by atoms with Crippen LogP contribution in [0, 0.1) is 5.82 Å². The fourth-order valence-corrected chi connectivity index (χ4v) is 1.95. The maximum atomic E-state index is 12.9. The van der Waals surface area contributed by atoms with Crippen molar-refractivity contribution in [2.45, 2.75) is 19.6 Å². The summed E-state index contributed by atoms with van der Waals surface area (Å²) in [5.74, 6) is 0.298. The highest BCUT2D eigenvalue weighted by Gasteiger charge is 2.17. The highest BCUT2D eigenvalue weighted by Crippen LogP contribution is 2.19. The van der Waals surface area contributed by atoms with Crippen molar-refractivity contribution in [2.75, 3.05) is 0 Å². The molecule has 0 bridgehead atoms. The fourth-order valence-electron chi connectivity index (χ4n) is 1.09. The van der Waals surface area contributed by atoms with E-state index in [4.69, 9.17) is 4.43 Å². The van der Waals surface area contributed by atoms with Gasteiger partial charge in [0.15, 0.2) is 0 Å². The molecule has 0 amide bonds. The van der Waals surface area contributed by atoms with E-state index in [0.29, 0.717) is 11.3 Å². The number of benzene rings is 1. The number of rotatable bonds is 3. The first kappa shape index (κ1) is 11.0. The van der Waals surface area contributed by atoms with E-state index in [0.717, 1.165) is 0 Å². The molecule has 1 nitrogen and oxygen atoms in total. The Morgan fingerprint density at radius 2 is 2.00 bits per heavy atom. The zero-order chi connectivity index (χ0) is 10.8. The molecule has 0 radical (unpaired) electrons. The molecule has 76 valence electrons. The lowest BCUT2D eigenvalue weighted by Crippen LogP contribution is -2.24. The van der Waals surface area contributed by atoms with E-state index in [1.807, 2.05) is 0 Å². The van der Waals surface area contributed by atoms with Crippen LogP contribution in [0.5, 0.6) is 0 Å². The predicted octanol–water partition coefficient (Wildman–Crippen LogP) is 3.65. The SMILES string of the molecule is C=C(O[Si](C)(C)C)c1cccc(F)c1. The average Bonchev–Trinajstić information content (AvgIpc) is 2.01. The smallest absolute Gasteiger partial charge is 0.242 e. The molecule has 0 aliphatic heterocycles. The van der Waals surface area contributed by atoms with Crippen LogP contribution in [0.25, 0.3) is 5.76 Å². The minimum Gasteiger partial charge on any atom is -0.544 e. The lowest BCUT2D eigenvalue weighted by Gasteiger charge is -2.21. The minimum absolute atomic E-state index is 0.261. The van der Waals surface area contributed by atoms with Gasteiger partial charge in [-0.3, -0.25) is 0 Å². The molecular weight excluding hydrogens is 195 g/mol. The first-order valence-corrected chi connectivity index (χ1v) is 7.93. The van der Waals surface area contributed by atoms with Gasteiger partial charge in [0.25, 0.3) is 0 Å². The quantitative estimate of drug-likeness (QED) is 0.546. The molecule has 0 fully saturated rings. The average molecular weight is 210 g/mol. The Hall–Kier alpha value is -1.09. The summed E-state index contributed by atoms with van der Waals surface area (Å²) in [5, 5.41) is 0. The van der Waals surface area contributed by atoms with Crippen LogP contribution < -0.4 is 0 Å². The van der Waals surface area contributed by atoms with Crippen LogP contribution in [-0.2, 0) is 4.43 Å². The van der Waals surface area contributed by atoms with Gasteiger partial charge in [0.2, 0.25) is 8.32 Å². The number of halogens is 1. The molecule has 0 heterocycles. The van der Waals surface area contributed by atoms with E-state index in [1.165, 1.54) is 12.1 Å². The molecule has 1 aromatic carbocycles. The maximum Gasteiger partial charge on any atom is 0.242 e. The van der Waals surface area contributed by atoms with Gasteiger partial charge in [0.1, 0.15) is 11.6 Å². The van der Waals surface area contributed by atoms with E-state index in [-0.39, 0.29) is 5.82 Å². The zero-order valence-electron chi connectivity index (χ0n) is 8.80. The summed E-state index contributed by atoms with van der Waals surface area (Å²) in [6, 6.07) is 6.29. The molecule has 0 unspecified atom stereocenters. The van der Waals surface area contributed by atoms with Crippen molar-refractivity contribution in [1.29, 1.82) is 0 Å². The topological polar surface area (TPSA) is 9.23 Å². The molecule has 0 spiro atoms. The summed E-state index contributed by atoms with van der Waals surface area (Å²) in [5.41, 5.74) is 0.715. The van der Waals surface area contributed by atoms with Gasteiger partial charge in [0, 0.05) is 5.56 Å². The minimum atomic E-state index is -1.64. The van der Waals surface area contributed by atoms with Crippen molar-refractivity contribution in [1.82, 2.24) is 0 Å². The molecule has 0 saturated heterocycles. The molecule has 0 aliphatic rings. The lowest BCUT2D eigenvalue weighted by molar-refractivity contribution is 0.515. The Kier molecular flexibility index (Phi) is 3.11. The van der Waals surface area contributed by atoms with Crippen LogP contribution in [0.4, 0.5) is 4.39 Å². The van der Waals surface area contributed by atoms with Gasteiger partial charge in [-0.2, -0.15) is 0 Å². The summed E-state index contributed by atoms with van der Waals surface area (Å²) >= 11 is 0. The predicted molar refractivity (Wildman–Crippen MR) is 59.9 cm³/mol. The molecule has 0 aliphatic carbocycles. The molecule has 0 N–H and O–H groups in total. The molecule has 0 aromatic heterocycles. The van der Waals surface area contributed by atoms with Gasteiger partial charge in [-0.1, -0.05) is 18.7 Å². The number of hydrogen-bond donors (Lipinski definition) is 0. The van der Waals surface area contributed by atoms with Gasteiger partial charge in [-0.25, -0.2) is 4.39 Å². The first-order chi connectivity index (χ1) is 6.38. The van der Waals surface area contributed by atoms with E-state index in [1.54, 1.807) is 12.1 Å². The van der Waals surface area contributed by atoms with Crippen molar-refractivity contribution < 1.29 is 8.82 Å². The first-order valence-electron chi connectivity index (χ1n) is 4.52. The Balaban J connectivity index is 2.80. The van der Waals surface area contributed by atoms with Gasteiger partial charge in [-0.15, -0.1) is 0 Å². The van der Waals surface area contributed by atoms with Gasteiger partial charge in [0.05, 0.1) is 0 Å². The summed E-state index contributed by atoms with van der Waals surface area (Å²) in [6.45, 7) is 10.00. The largest absolute Gasteiger partial charge is 0.544 e. The molecule has 1 rings (SSSR count). The van der Waals surface area contributed by atoms with Gasteiger partial charge in [-0.05, 0) is 31.8 Å². The van der Waals surface area contributed by atoms with E-state index < -0.39 is 8.32 Å². The van der Waals surface area contributed by atoms with Crippen molar-refractivity contribution in [2.24, 2.45) is 0 Å². The fraction of sp³-hybridized carbons (Fsp3) is 0.273. The second-order valence-electron chi connectivity index (χ2n) is 4.15. The monoisotopic (exact) mass is 210 g/mol. The van der Waals surface area contributed by atoms with Crippen molar-refractivity contribution >= 4 is 14.1 Å². The standard InChI is InChI=1S/C11H15FOSi/c1-9(13-14(2,3)4)10-6-5-7-11(12)8-10/h5-8H,1H2,2-4H3. The van der Waals surface area contributed by atoms with Gasteiger partial charge >= 0.3 is 0 Å². The maximum absolute atomic E-state index is 12.9. The second kappa shape index (κ2) is 3.96. The highest BCUT2D eigenvalue weighted by atomic mass is 28.4. The normalized spacial score (nSPS) is 11.1. The van der Waals surface area contributed by atoms with E-state index in [9.17, 15) is 4.39 Å². The van der Waals surface area contributed by atoms with Crippen LogP contribution in [0.3, 0.4) is 0 Å². The van der Waals surface area contributed by atoms with E-state index in [2.05, 4.69) is 26.2 Å². The summed E-state index contributed by atoms with van der Waals surface area (Å²) < 4.78 is 18.5. The third kappa shape index (κ3) is 3.34. The van der Waals surface area contributed by atoms with Crippen LogP contribution >= 0.6 is 0 Å². The zero-order valence-corrected chi connectivity index (χ0v) is 9.80. The third-order valence-electron chi connectivity index (χ3n) is 1.58. The molecule has 14 heavy (non-hydrogen) atoms. The van der Waals surface area contributed by atoms with Crippen LogP contribution in [0.2, 0.25) is 19.6 Å². The second-order valence-corrected chi connectivity index (χ2v) is 8.58. The Bertz CT molecular complexity index is 341. The molecule has 1 aromatic rings. The lowest BCUT2D eigenvalue weighted by atomic mass is 10.2. The van der Waals surface area contributed by atoms with E-state index >= 15 is 0 Å². The van der Waals surface area contributed by atoms with Crippen molar-refractivity contribution in [3.63, 3.8) is 0 Å². The third-order valence-corrected chi connectivity index (χ3v) is 2.43. The number of hydrogen-bond acceptors (Lipinski definition) is 1. The van der Waals surface area contributed by atoms with Gasteiger partial charge < -0.3 is 4.43 Å². The summed E-state index contributed by atoms with van der Waals surface area (Å²) in [7, 11) is -1.64. The summed E-state index contributed by atoms with van der Waals surface area (Å²) in [4.78, 5) is 0. The van der Waals surface area contributed by atoms with Crippen LogP contribution in [0.1, 0.15) is 5.56 Å². The van der Waals surface area contributed by atoms with Crippen molar-refractivity contribution in [3.05, 3.63) is 42.2 Å². The summed E-state index contributed by atoms with van der Waals surface area (Å²) in [6.07, 6.45) is 0. The molecule has 0 saturated carbocycles. The van der Waals surface area contributed by atoms with Crippen LogP contribution in [0.15, 0.2) is 30.8 Å². The Morgan fingerprint density at radius 1 is 1.36 bits per heavy atom. The molecule has 3 heteroatoms. The highest BCUT2D eigenvalue weighted by molar-refractivity contribution is 6.70. The Labute approximate surface area is 85.3 Å². The molecule has 0 atom stereocenters. The van der Waals surface area contributed by atoms with Crippen LogP contribution in [-0.4, -0.2) is 8.32 Å². The molecular formula is C11H15FOSi. The van der Waals surface area contributed by atoms with Crippen molar-refractivity contribution in [3.8, 4) is 0 Å². The Morgan fingerprint density at radius 3 is 2.50 bits per heavy atom.